The molecule has 1 aromatic heterocycles. The molecule has 7 heteroatoms. The van der Waals surface area contributed by atoms with Gasteiger partial charge < -0.3 is 15.4 Å². The third kappa shape index (κ3) is 6.75. The Labute approximate surface area is 149 Å². The van der Waals surface area contributed by atoms with Crippen LogP contribution in [0, 0.1) is 0 Å². The molecular weight excluding hydrogens is 322 g/mol. The number of nitrogens with one attached hydrogen (secondary N) is 2. The summed E-state index contributed by atoms with van der Waals surface area (Å²) in [6, 6.07) is 0. The second-order valence-electron chi connectivity index (χ2n) is 6.26. The molecule has 0 bridgehead atoms. The van der Waals surface area contributed by atoms with E-state index in [1.807, 2.05) is 0 Å². The van der Waals surface area contributed by atoms with E-state index in [-0.39, 0.29) is 0 Å². The molecule has 6 nitrogen and oxygen atoms in total. The van der Waals surface area contributed by atoms with Crippen LogP contribution in [0.1, 0.15) is 43.8 Å². The van der Waals surface area contributed by atoms with E-state index in [4.69, 9.17) is 4.74 Å². The second-order valence-corrected chi connectivity index (χ2v) is 7.15. The first kappa shape index (κ1) is 19.1. The van der Waals surface area contributed by atoms with E-state index < -0.39 is 0 Å². The minimum Gasteiger partial charge on any atom is -0.379 e. The Hall–Kier alpha value is -1.18. The molecule has 136 valence electrons. The maximum Gasteiger partial charge on any atom is 0.191 e. The summed E-state index contributed by atoms with van der Waals surface area (Å²) in [7, 11) is 0. The average Bonchev–Trinajstić information content (AvgIpc) is 3.06. The largest absolute Gasteiger partial charge is 0.379 e. The van der Waals surface area contributed by atoms with E-state index >= 15 is 0 Å². The Kier molecular flexibility index (Phi) is 8.49. The summed E-state index contributed by atoms with van der Waals surface area (Å²) in [5.74, 6) is 1.36. The van der Waals surface area contributed by atoms with E-state index in [2.05, 4.69) is 51.7 Å². The van der Waals surface area contributed by atoms with Gasteiger partial charge in [-0.3, -0.25) is 4.90 Å². The van der Waals surface area contributed by atoms with Crippen molar-refractivity contribution in [3.05, 3.63) is 16.1 Å². The molecule has 1 aliphatic rings. The summed E-state index contributed by atoms with van der Waals surface area (Å²) in [6.07, 6.45) is 1.11. The quantitative estimate of drug-likeness (QED) is 0.425. The van der Waals surface area contributed by atoms with E-state index in [1.54, 1.807) is 11.3 Å². The third-order valence-electron chi connectivity index (χ3n) is 3.85. The van der Waals surface area contributed by atoms with Crippen molar-refractivity contribution >= 4 is 17.3 Å². The molecule has 0 amide bonds. The van der Waals surface area contributed by atoms with Crippen molar-refractivity contribution < 1.29 is 4.74 Å². The number of nitrogens with zero attached hydrogens (tertiary/aromatic N) is 3. The van der Waals surface area contributed by atoms with E-state index in [0.717, 1.165) is 64.0 Å². The summed E-state index contributed by atoms with van der Waals surface area (Å²) >= 11 is 1.72. The fraction of sp³-hybridized carbons (Fsp3) is 0.765. The topological polar surface area (TPSA) is 61.8 Å². The SMILES string of the molecule is CCNC(=NCc1csc(C(C)C)n1)NCCCN1CCOCC1. The maximum absolute atomic E-state index is 5.38. The van der Waals surface area contributed by atoms with Crippen molar-refractivity contribution in [2.45, 2.75) is 39.7 Å². The van der Waals surface area contributed by atoms with Crippen LogP contribution in [-0.4, -0.2) is 61.8 Å². The van der Waals surface area contributed by atoms with Crippen LogP contribution < -0.4 is 10.6 Å². The van der Waals surface area contributed by atoms with Crippen LogP contribution in [0.3, 0.4) is 0 Å². The van der Waals surface area contributed by atoms with Gasteiger partial charge in [0.05, 0.1) is 30.5 Å². The van der Waals surface area contributed by atoms with Gasteiger partial charge in [0, 0.05) is 37.5 Å². The lowest BCUT2D eigenvalue weighted by Gasteiger charge is -2.26. The number of ether oxygens (including phenoxy) is 1. The van der Waals surface area contributed by atoms with Crippen molar-refractivity contribution in [3.8, 4) is 0 Å². The minimum atomic E-state index is 0.485. The van der Waals surface area contributed by atoms with E-state index in [9.17, 15) is 0 Å². The van der Waals surface area contributed by atoms with Crippen molar-refractivity contribution in [1.29, 1.82) is 0 Å². The number of guanidine groups is 1. The zero-order valence-corrected chi connectivity index (χ0v) is 16.0. The molecule has 0 aliphatic carbocycles. The van der Waals surface area contributed by atoms with Gasteiger partial charge in [0.25, 0.3) is 0 Å². The Morgan fingerprint density at radius 3 is 2.83 bits per heavy atom. The molecule has 0 radical (unpaired) electrons. The van der Waals surface area contributed by atoms with Gasteiger partial charge in [-0.05, 0) is 19.9 Å². The van der Waals surface area contributed by atoms with E-state index in [1.165, 1.54) is 5.01 Å². The van der Waals surface area contributed by atoms with Crippen molar-refractivity contribution in [1.82, 2.24) is 20.5 Å². The van der Waals surface area contributed by atoms with Gasteiger partial charge in [0.1, 0.15) is 0 Å². The van der Waals surface area contributed by atoms with Crippen LogP contribution in [0.5, 0.6) is 0 Å². The van der Waals surface area contributed by atoms with Gasteiger partial charge in [0.15, 0.2) is 5.96 Å². The summed E-state index contributed by atoms with van der Waals surface area (Å²) in [5.41, 5.74) is 1.05. The van der Waals surface area contributed by atoms with Gasteiger partial charge in [-0.15, -0.1) is 11.3 Å². The molecule has 1 fully saturated rings. The highest BCUT2D eigenvalue weighted by Gasteiger charge is 2.09. The number of aliphatic imine (C=N–C) groups is 1. The normalized spacial score (nSPS) is 16.6. The lowest BCUT2D eigenvalue weighted by atomic mass is 10.2. The molecule has 1 aromatic rings. The van der Waals surface area contributed by atoms with Gasteiger partial charge >= 0.3 is 0 Å². The number of aromatic nitrogens is 1. The fourth-order valence-corrected chi connectivity index (χ4v) is 3.32. The van der Waals surface area contributed by atoms with Crippen LogP contribution in [0.15, 0.2) is 10.4 Å². The second kappa shape index (κ2) is 10.6. The highest BCUT2D eigenvalue weighted by atomic mass is 32.1. The van der Waals surface area contributed by atoms with Crippen LogP contribution in [0.4, 0.5) is 0 Å². The summed E-state index contributed by atoms with van der Waals surface area (Å²) in [4.78, 5) is 11.7. The standard InChI is InChI=1S/C17H31N5OS/c1-4-18-17(19-6-5-7-22-8-10-23-11-9-22)20-12-15-13-24-16(21-15)14(2)3/h13-14H,4-12H2,1-3H3,(H2,18,19,20). The van der Waals surface area contributed by atoms with Gasteiger partial charge in [-0.1, -0.05) is 13.8 Å². The van der Waals surface area contributed by atoms with Gasteiger partial charge in [0.2, 0.25) is 0 Å². The van der Waals surface area contributed by atoms with Crippen LogP contribution in [0.25, 0.3) is 0 Å². The number of rotatable bonds is 8. The number of hydrogen-bond acceptors (Lipinski definition) is 5. The maximum atomic E-state index is 5.38. The predicted octanol–water partition coefficient (Wildman–Crippen LogP) is 2.04. The third-order valence-corrected chi connectivity index (χ3v) is 5.05. The summed E-state index contributed by atoms with van der Waals surface area (Å²) in [6.45, 7) is 13.8. The lowest BCUT2D eigenvalue weighted by Crippen LogP contribution is -2.40. The Morgan fingerprint density at radius 1 is 1.38 bits per heavy atom. The Morgan fingerprint density at radius 2 is 2.17 bits per heavy atom. The van der Waals surface area contributed by atoms with Gasteiger partial charge in [-0.2, -0.15) is 0 Å². The lowest BCUT2D eigenvalue weighted by molar-refractivity contribution is 0.0376. The molecule has 0 saturated carbocycles. The molecule has 0 unspecified atom stereocenters. The average molecular weight is 354 g/mol. The smallest absolute Gasteiger partial charge is 0.191 e. The predicted molar refractivity (Wildman–Crippen MR) is 101 cm³/mol. The molecular formula is C17H31N5OS. The molecule has 2 heterocycles. The molecule has 2 N–H and O–H groups in total. The van der Waals surface area contributed by atoms with Crippen molar-refractivity contribution in [2.24, 2.45) is 4.99 Å². The van der Waals surface area contributed by atoms with Crippen molar-refractivity contribution in [2.75, 3.05) is 45.9 Å². The number of thiazole rings is 1. The monoisotopic (exact) mass is 353 g/mol. The number of hydrogen-bond donors (Lipinski definition) is 2. The highest BCUT2D eigenvalue weighted by Crippen LogP contribution is 2.19. The summed E-state index contributed by atoms with van der Waals surface area (Å²) < 4.78 is 5.38. The molecule has 0 aromatic carbocycles. The van der Waals surface area contributed by atoms with Crippen LogP contribution in [0.2, 0.25) is 0 Å². The first-order chi connectivity index (χ1) is 11.7. The molecule has 1 aliphatic heterocycles. The van der Waals surface area contributed by atoms with Crippen LogP contribution >= 0.6 is 11.3 Å². The van der Waals surface area contributed by atoms with Gasteiger partial charge in [-0.25, -0.2) is 9.98 Å². The molecule has 0 atom stereocenters. The first-order valence-electron chi connectivity index (χ1n) is 8.95. The molecule has 1 saturated heterocycles. The zero-order chi connectivity index (χ0) is 17.2. The van der Waals surface area contributed by atoms with Crippen molar-refractivity contribution in [3.63, 3.8) is 0 Å². The summed E-state index contributed by atoms with van der Waals surface area (Å²) in [5, 5.41) is 10.0. The highest BCUT2D eigenvalue weighted by molar-refractivity contribution is 7.09. The Bertz CT molecular complexity index is 497. The first-order valence-corrected chi connectivity index (χ1v) is 9.83. The Balaban J connectivity index is 1.73. The fourth-order valence-electron chi connectivity index (χ4n) is 2.50. The molecule has 0 spiro atoms. The minimum absolute atomic E-state index is 0.485. The zero-order valence-electron chi connectivity index (χ0n) is 15.2. The van der Waals surface area contributed by atoms with E-state index in [0.29, 0.717) is 12.5 Å². The molecule has 2 rings (SSSR count). The molecule has 24 heavy (non-hydrogen) atoms. The number of morpholine rings is 1. The van der Waals surface area contributed by atoms with Crippen LogP contribution in [-0.2, 0) is 11.3 Å².